The van der Waals surface area contributed by atoms with E-state index in [4.69, 9.17) is 16.3 Å². The van der Waals surface area contributed by atoms with Crippen LogP contribution in [-0.4, -0.2) is 10.9 Å². The van der Waals surface area contributed by atoms with Crippen LogP contribution in [0.25, 0.3) is 0 Å². The third-order valence-corrected chi connectivity index (χ3v) is 5.26. The summed E-state index contributed by atoms with van der Waals surface area (Å²) in [5.74, 6) is 0.343. The molecule has 0 unspecified atom stereocenters. The molecule has 0 fully saturated rings. The highest BCUT2D eigenvalue weighted by Crippen LogP contribution is 2.24. The number of esters is 1. The van der Waals surface area contributed by atoms with E-state index in [1.807, 2.05) is 36.4 Å². The Kier molecular flexibility index (Phi) is 6.68. The largest absolute Gasteiger partial charge is 0.457 e. The number of ether oxygens (including phenoxy) is 1. The fourth-order valence-corrected chi connectivity index (χ4v) is 3.36. The van der Waals surface area contributed by atoms with Crippen LogP contribution in [0.3, 0.4) is 0 Å². The molecule has 0 aliphatic rings. The topological polar surface area (TPSA) is 69.4 Å². The average Bonchev–Trinajstić information content (AvgIpc) is 2.72. The van der Waals surface area contributed by atoms with Gasteiger partial charge in [0.25, 0.3) is 5.69 Å². The van der Waals surface area contributed by atoms with E-state index in [0.717, 1.165) is 16.2 Å². The van der Waals surface area contributed by atoms with E-state index in [2.05, 4.69) is 0 Å². The lowest BCUT2D eigenvalue weighted by atomic mass is 10.1. The zero-order valence-electron chi connectivity index (χ0n) is 14.7. The minimum Gasteiger partial charge on any atom is -0.457 e. The van der Waals surface area contributed by atoms with E-state index < -0.39 is 10.9 Å². The molecule has 3 rings (SSSR count). The predicted molar refractivity (Wildman–Crippen MR) is 110 cm³/mol. The second kappa shape index (κ2) is 9.39. The van der Waals surface area contributed by atoms with Crippen LogP contribution in [0.5, 0.6) is 0 Å². The van der Waals surface area contributed by atoms with Gasteiger partial charge in [-0.3, -0.25) is 10.1 Å². The molecule has 0 atom stereocenters. The minimum atomic E-state index is -0.470. The van der Waals surface area contributed by atoms with Crippen LogP contribution in [0.1, 0.15) is 21.5 Å². The highest BCUT2D eigenvalue weighted by atomic mass is 35.5. The number of carbonyl (C=O) groups is 1. The number of benzene rings is 3. The summed E-state index contributed by atoms with van der Waals surface area (Å²) in [6.07, 6.45) is 0. The maximum absolute atomic E-state index is 12.2. The van der Waals surface area contributed by atoms with E-state index in [0.29, 0.717) is 16.1 Å². The normalized spacial score (nSPS) is 10.5. The van der Waals surface area contributed by atoms with Gasteiger partial charge >= 0.3 is 5.97 Å². The van der Waals surface area contributed by atoms with Crippen molar-refractivity contribution >= 4 is 35.0 Å². The summed E-state index contributed by atoms with van der Waals surface area (Å²) in [6.45, 7) is 0.0605. The maximum Gasteiger partial charge on any atom is 0.338 e. The first-order chi connectivity index (χ1) is 13.5. The molecule has 3 aromatic carbocycles. The Morgan fingerprint density at radius 1 is 0.929 bits per heavy atom. The summed E-state index contributed by atoms with van der Waals surface area (Å²) in [6, 6.07) is 20.8. The molecular weight excluding hydrogens is 398 g/mol. The van der Waals surface area contributed by atoms with Gasteiger partial charge in [-0.2, -0.15) is 0 Å². The number of hydrogen-bond acceptors (Lipinski definition) is 5. The number of nitro groups is 1. The summed E-state index contributed by atoms with van der Waals surface area (Å²) in [5.41, 5.74) is 2.24. The second-order valence-corrected chi connectivity index (χ2v) is 7.42. The summed E-state index contributed by atoms with van der Waals surface area (Å²) in [7, 11) is 0. The molecule has 0 aliphatic heterocycles. The van der Waals surface area contributed by atoms with Crippen molar-refractivity contribution in [3.05, 3.63) is 105 Å². The maximum atomic E-state index is 12.2. The monoisotopic (exact) mass is 413 g/mol. The van der Waals surface area contributed by atoms with Crippen molar-refractivity contribution in [3.63, 3.8) is 0 Å². The molecule has 7 heteroatoms. The van der Waals surface area contributed by atoms with E-state index in [1.165, 1.54) is 12.1 Å². The minimum absolute atomic E-state index is 0.00198. The van der Waals surface area contributed by atoms with Gasteiger partial charge in [0.05, 0.1) is 10.5 Å². The van der Waals surface area contributed by atoms with Crippen LogP contribution < -0.4 is 0 Å². The zero-order chi connectivity index (χ0) is 19.9. The van der Waals surface area contributed by atoms with Crippen LogP contribution in [0.2, 0.25) is 5.02 Å². The first-order valence-electron chi connectivity index (χ1n) is 8.39. The van der Waals surface area contributed by atoms with E-state index in [9.17, 15) is 14.9 Å². The second-order valence-electron chi connectivity index (χ2n) is 5.94. The van der Waals surface area contributed by atoms with Gasteiger partial charge < -0.3 is 4.74 Å². The molecule has 142 valence electrons. The van der Waals surface area contributed by atoms with Crippen molar-refractivity contribution in [3.8, 4) is 0 Å². The van der Waals surface area contributed by atoms with E-state index in [-0.39, 0.29) is 12.3 Å². The predicted octanol–water partition coefficient (Wildman–Crippen LogP) is 5.90. The average molecular weight is 414 g/mol. The van der Waals surface area contributed by atoms with Crippen molar-refractivity contribution in [2.45, 2.75) is 17.3 Å². The molecule has 0 saturated carbocycles. The molecule has 0 radical (unpaired) electrons. The molecule has 0 saturated heterocycles. The smallest absolute Gasteiger partial charge is 0.338 e. The number of nitrogens with zero attached hydrogens (tertiary/aromatic N) is 1. The number of halogens is 1. The Hall–Kier alpha value is -2.83. The number of hydrogen-bond donors (Lipinski definition) is 0. The Morgan fingerprint density at radius 2 is 1.54 bits per heavy atom. The third kappa shape index (κ3) is 5.58. The quantitative estimate of drug-likeness (QED) is 0.209. The highest BCUT2D eigenvalue weighted by molar-refractivity contribution is 7.98. The Balaban J connectivity index is 1.51. The van der Waals surface area contributed by atoms with Crippen molar-refractivity contribution in [1.29, 1.82) is 0 Å². The van der Waals surface area contributed by atoms with E-state index >= 15 is 0 Å². The molecule has 0 bridgehead atoms. The van der Waals surface area contributed by atoms with Crippen molar-refractivity contribution in [2.75, 3.05) is 0 Å². The van der Waals surface area contributed by atoms with Gasteiger partial charge in [-0.05, 0) is 59.7 Å². The first-order valence-corrected chi connectivity index (χ1v) is 9.75. The Bertz CT molecular complexity index is 957. The summed E-state index contributed by atoms with van der Waals surface area (Å²) in [4.78, 5) is 23.5. The Morgan fingerprint density at radius 3 is 2.14 bits per heavy atom. The summed E-state index contributed by atoms with van der Waals surface area (Å²) < 4.78 is 5.27. The number of thioether (sulfide) groups is 1. The van der Waals surface area contributed by atoms with Gasteiger partial charge in [0, 0.05) is 27.8 Å². The SMILES string of the molecule is O=C(OCc1ccc([N+](=O)[O-])cc1)c1ccc(CSc2ccc(Cl)cc2)cc1. The van der Waals surface area contributed by atoms with Crippen LogP contribution >= 0.6 is 23.4 Å². The summed E-state index contributed by atoms with van der Waals surface area (Å²) in [5, 5.41) is 11.4. The number of nitro benzene ring substituents is 1. The molecule has 0 amide bonds. The molecule has 5 nitrogen and oxygen atoms in total. The number of non-ortho nitro benzene ring substituents is 1. The molecule has 0 spiro atoms. The fraction of sp³-hybridized carbons (Fsp3) is 0.0952. The van der Waals surface area contributed by atoms with Crippen molar-refractivity contribution in [1.82, 2.24) is 0 Å². The van der Waals surface area contributed by atoms with Crippen LogP contribution in [0.4, 0.5) is 5.69 Å². The third-order valence-electron chi connectivity index (χ3n) is 3.93. The van der Waals surface area contributed by atoms with Crippen molar-refractivity contribution < 1.29 is 14.5 Å². The summed E-state index contributed by atoms with van der Waals surface area (Å²) >= 11 is 7.56. The highest BCUT2D eigenvalue weighted by Gasteiger charge is 2.09. The molecule has 3 aromatic rings. The number of rotatable bonds is 7. The van der Waals surface area contributed by atoms with Crippen LogP contribution in [0, 0.1) is 10.1 Å². The number of carbonyl (C=O) groups excluding carboxylic acids is 1. The molecule has 0 aromatic heterocycles. The van der Waals surface area contributed by atoms with Crippen LogP contribution in [0.15, 0.2) is 77.7 Å². The van der Waals surface area contributed by atoms with Gasteiger partial charge in [0.1, 0.15) is 6.61 Å². The Labute approximate surface area is 171 Å². The van der Waals surface area contributed by atoms with Gasteiger partial charge in [-0.1, -0.05) is 23.7 Å². The van der Waals surface area contributed by atoms with Crippen molar-refractivity contribution in [2.24, 2.45) is 0 Å². The first kappa shape index (κ1) is 19.9. The lowest BCUT2D eigenvalue weighted by Crippen LogP contribution is -2.05. The van der Waals surface area contributed by atoms with E-state index in [1.54, 1.807) is 36.0 Å². The standard InChI is InChI=1S/C21H16ClNO4S/c22-18-7-11-20(12-8-18)28-14-16-1-5-17(6-2-16)21(24)27-13-15-3-9-19(10-4-15)23(25)26/h1-12H,13-14H2. The van der Waals surface area contributed by atoms with Crippen LogP contribution in [-0.2, 0) is 17.1 Å². The molecule has 28 heavy (non-hydrogen) atoms. The van der Waals surface area contributed by atoms with Gasteiger partial charge in [0.2, 0.25) is 0 Å². The van der Waals surface area contributed by atoms with Gasteiger partial charge in [-0.15, -0.1) is 11.8 Å². The molecule has 0 heterocycles. The fourth-order valence-electron chi connectivity index (χ4n) is 2.38. The van der Waals surface area contributed by atoms with Gasteiger partial charge in [0.15, 0.2) is 0 Å². The molecular formula is C21H16ClNO4S. The molecule has 0 aliphatic carbocycles. The van der Waals surface area contributed by atoms with Gasteiger partial charge in [-0.25, -0.2) is 4.79 Å². The lowest BCUT2D eigenvalue weighted by molar-refractivity contribution is -0.384. The molecule has 0 N–H and O–H groups in total. The lowest BCUT2D eigenvalue weighted by Gasteiger charge is -2.06. The zero-order valence-corrected chi connectivity index (χ0v) is 16.3.